The van der Waals surface area contributed by atoms with E-state index in [4.69, 9.17) is 21.6 Å². The topological polar surface area (TPSA) is 41.0 Å². The molecule has 0 radical (unpaired) electrons. The van der Waals surface area contributed by atoms with E-state index in [9.17, 15) is 0 Å². The molecule has 0 spiro atoms. The summed E-state index contributed by atoms with van der Waals surface area (Å²) in [5, 5.41) is 5.24. The first kappa shape index (κ1) is 22.3. The van der Waals surface area contributed by atoms with Gasteiger partial charge in [-0.25, -0.2) is 9.97 Å². The SMILES string of the molecule is CCN(CC)CCCC(C)Nc1nc(/C=C/c2ccccc2)nc2ccc(Cl)cc12. The van der Waals surface area contributed by atoms with Crippen LogP contribution in [-0.4, -0.2) is 40.5 Å². The summed E-state index contributed by atoms with van der Waals surface area (Å²) in [6.07, 6.45) is 6.23. The van der Waals surface area contributed by atoms with Gasteiger partial charge in [0.25, 0.3) is 0 Å². The molecule has 2 aromatic carbocycles. The second-order valence-corrected chi connectivity index (χ2v) is 7.99. The fraction of sp³-hybridized carbons (Fsp3) is 0.360. The van der Waals surface area contributed by atoms with E-state index in [1.165, 1.54) is 0 Å². The molecule has 0 saturated carbocycles. The molecule has 5 heteroatoms. The Morgan fingerprint density at radius 1 is 1.03 bits per heavy atom. The average molecular weight is 423 g/mol. The van der Waals surface area contributed by atoms with E-state index in [0.717, 1.165) is 54.8 Å². The molecule has 1 N–H and O–H groups in total. The third kappa shape index (κ3) is 6.28. The highest BCUT2D eigenvalue weighted by atomic mass is 35.5. The number of halogens is 1. The fourth-order valence-corrected chi connectivity index (χ4v) is 3.68. The van der Waals surface area contributed by atoms with Gasteiger partial charge in [-0.1, -0.05) is 61.9 Å². The van der Waals surface area contributed by atoms with Crippen LogP contribution in [0.1, 0.15) is 45.0 Å². The highest BCUT2D eigenvalue weighted by Gasteiger charge is 2.11. The monoisotopic (exact) mass is 422 g/mol. The van der Waals surface area contributed by atoms with Gasteiger partial charge in [0.1, 0.15) is 5.82 Å². The van der Waals surface area contributed by atoms with Crippen molar-refractivity contribution in [2.45, 2.75) is 39.7 Å². The molecule has 0 bridgehead atoms. The maximum absolute atomic E-state index is 6.26. The lowest BCUT2D eigenvalue weighted by molar-refractivity contribution is 0.295. The molecule has 0 aliphatic carbocycles. The van der Waals surface area contributed by atoms with Crippen LogP contribution in [0.4, 0.5) is 5.82 Å². The molecule has 4 nitrogen and oxygen atoms in total. The lowest BCUT2D eigenvalue weighted by Gasteiger charge is -2.20. The normalized spacial score (nSPS) is 12.7. The van der Waals surface area contributed by atoms with Crippen molar-refractivity contribution in [2.75, 3.05) is 25.0 Å². The van der Waals surface area contributed by atoms with E-state index in [0.29, 0.717) is 16.9 Å². The molecule has 1 unspecified atom stereocenters. The number of fused-ring (bicyclic) bond motifs is 1. The summed E-state index contributed by atoms with van der Waals surface area (Å²) >= 11 is 6.26. The minimum absolute atomic E-state index is 0.309. The molecular formula is C25H31ClN4. The minimum atomic E-state index is 0.309. The van der Waals surface area contributed by atoms with Crippen molar-refractivity contribution in [3.8, 4) is 0 Å². The Morgan fingerprint density at radius 2 is 1.80 bits per heavy atom. The summed E-state index contributed by atoms with van der Waals surface area (Å²) in [4.78, 5) is 12.0. The van der Waals surface area contributed by atoms with E-state index in [-0.39, 0.29) is 0 Å². The van der Waals surface area contributed by atoms with Gasteiger partial charge in [0, 0.05) is 16.5 Å². The van der Waals surface area contributed by atoms with Crippen molar-refractivity contribution in [2.24, 2.45) is 0 Å². The Morgan fingerprint density at radius 3 is 2.53 bits per heavy atom. The number of nitrogens with one attached hydrogen (secondary N) is 1. The van der Waals surface area contributed by atoms with Gasteiger partial charge in [0.2, 0.25) is 0 Å². The molecule has 30 heavy (non-hydrogen) atoms. The minimum Gasteiger partial charge on any atom is -0.367 e. The second kappa shape index (κ2) is 11.1. The molecule has 0 aliphatic rings. The standard InChI is InChI=1S/C25H31ClN4/c1-4-30(5-2)17-9-10-19(3)27-25-22-18-21(26)14-15-23(22)28-24(29-25)16-13-20-11-7-6-8-12-20/h6-8,11-16,18-19H,4-5,9-10,17H2,1-3H3,(H,27,28,29)/b16-13+. The third-order valence-corrected chi connectivity index (χ3v) is 5.52. The Balaban J connectivity index is 1.79. The first-order valence-corrected chi connectivity index (χ1v) is 11.2. The molecule has 0 saturated heterocycles. The van der Waals surface area contributed by atoms with Crippen LogP contribution in [0.3, 0.4) is 0 Å². The van der Waals surface area contributed by atoms with Gasteiger partial charge in [-0.2, -0.15) is 0 Å². The lowest BCUT2D eigenvalue weighted by Crippen LogP contribution is -2.25. The third-order valence-electron chi connectivity index (χ3n) is 5.29. The summed E-state index contributed by atoms with van der Waals surface area (Å²) in [6, 6.07) is 16.3. The predicted octanol–water partition coefficient (Wildman–Crippen LogP) is 6.38. The van der Waals surface area contributed by atoms with Crippen LogP contribution in [0, 0.1) is 0 Å². The van der Waals surface area contributed by atoms with Gasteiger partial charge in [0.15, 0.2) is 5.82 Å². The van der Waals surface area contributed by atoms with Crippen LogP contribution in [0.5, 0.6) is 0 Å². The first-order chi connectivity index (χ1) is 14.6. The van der Waals surface area contributed by atoms with Crippen LogP contribution in [0.2, 0.25) is 5.02 Å². The number of benzene rings is 2. The maximum atomic E-state index is 6.26. The van der Waals surface area contributed by atoms with Crippen molar-refractivity contribution < 1.29 is 0 Å². The summed E-state index contributed by atoms with van der Waals surface area (Å²) < 4.78 is 0. The zero-order chi connectivity index (χ0) is 21.3. The molecule has 3 aromatic rings. The van der Waals surface area contributed by atoms with Gasteiger partial charge < -0.3 is 10.2 Å². The number of nitrogens with zero attached hydrogens (tertiary/aromatic N) is 3. The number of hydrogen-bond acceptors (Lipinski definition) is 4. The largest absolute Gasteiger partial charge is 0.367 e. The molecule has 1 heterocycles. The van der Waals surface area contributed by atoms with E-state index in [1.54, 1.807) is 0 Å². The molecule has 1 aromatic heterocycles. The zero-order valence-corrected chi connectivity index (χ0v) is 18.9. The van der Waals surface area contributed by atoms with Crippen molar-refractivity contribution in [3.05, 3.63) is 64.9 Å². The van der Waals surface area contributed by atoms with Gasteiger partial charge in [-0.3, -0.25) is 0 Å². The highest BCUT2D eigenvalue weighted by molar-refractivity contribution is 6.31. The fourth-order valence-electron chi connectivity index (χ4n) is 3.50. The highest BCUT2D eigenvalue weighted by Crippen LogP contribution is 2.25. The maximum Gasteiger partial charge on any atom is 0.154 e. The van der Waals surface area contributed by atoms with Gasteiger partial charge in [-0.05, 0) is 69.2 Å². The Labute approximate surface area is 185 Å². The van der Waals surface area contributed by atoms with Crippen LogP contribution in [0.25, 0.3) is 23.1 Å². The van der Waals surface area contributed by atoms with Gasteiger partial charge in [0.05, 0.1) is 5.52 Å². The Kier molecular flexibility index (Phi) is 8.23. The first-order valence-electron chi connectivity index (χ1n) is 10.8. The van der Waals surface area contributed by atoms with E-state index in [2.05, 4.69) is 43.1 Å². The summed E-state index contributed by atoms with van der Waals surface area (Å²) in [5.41, 5.74) is 2.01. The summed E-state index contributed by atoms with van der Waals surface area (Å²) in [7, 11) is 0. The second-order valence-electron chi connectivity index (χ2n) is 7.55. The number of aromatic nitrogens is 2. The molecule has 1 atom stereocenters. The molecule has 0 aliphatic heterocycles. The summed E-state index contributed by atoms with van der Waals surface area (Å²) in [5.74, 6) is 1.53. The van der Waals surface area contributed by atoms with Crippen LogP contribution in [-0.2, 0) is 0 Å². The van der Waals surface area contributed by atoms with Crippen molar-refractivity contribution in [1.29, 1.82) is 0 Å². The van der Waals surface area contributed by atoms with E-state index >= 15 is 0 Å². The zero-order valence-electron chi connectivity index (χ0n) is 18.1. The number of hydrogen-bond donors (Lipinski definition) is 1. The van der Waals surface area contributed by atoms with Crippen LogP contribution < -0.4 is 5.32 Å². The summed E-state index contributed by atoms with van der Waals surface area (Å²) in [6.45, 7) is 9.97. The molecule has 3 rings (SSSR count). The number of rotatable bonds is 10. The average Bonchev–Trinajstić information content (AvgIpc) is 2.76. The predicted molar refractivity (Wildman–Crippen MR) is 130 cm³/mol. The van der Waals surface area contributed by atoms with Crippen molar-refractivity contribution >= 4 is 40.5 Å². The van der Waals surface area contributed by atoms with Crippen LogP contribution in [0.15, 0.2) is 48.5 Å². The lowest BCUT2D eigenvalue weighted by atomic mass is 10.1. The molecule has 158 valence electrons. The smallest absolute Gasteiger partial charge is 0.154 e. The van der Waals surface area contributed by atoms with Crippen molar-refractivity contribution in [3.63, 3.8) is 0 Å². The molecule has 0 fully saturated rings. The number of anilines is 1. The molecular weight excluding hydrogens is 392 g/mol. The van der Waals surface area contributed by atoms with E-state index < -0.39 is 0 Å². The van der Waals surface area contributed by atoms with Gasteiger partial charge in [-0.15, -0.1) is 0 Å². The molecule has 0 amide bonds. The van der Waals surface area contributed by atoms with E-state index in [1.807, 2.05) is 48.6 Å². The Bertz CT molecular complexity index is 968. The van der Waals surface area contributed by atoms with Crippen molar-refractivity contribution in [1.82, 2.24) is 14.9 Å². The van der Waals surface area contributed by atoms with Crippen LogP contribution >= 0.6 is 11.6 Å². The van der Waals surface area contributed by atoms with Gasteiger partial charge >= 0.3 is 0 Å². The Hall–Kier alpha value is -2.43. The quantitative estimate of drug-likeness (QED) is 0.411.